The number of benzene rings is 1. The van der Waals surface area contributed by atoms with E-state index in [-0.39, 0.29) is 16.3 Å². The molecule has 3 rings (SSSR count). The molecule has 7 heteroatoms. The average molecular weight is 347 g/mol. The van der Waals surface area contributed by atoms with E-state index in [9.17, 15) is 12.8 Å². The van der Waals surface area contributed by atoms with Gasteiger partial charge in [-0.15, -0.1) is 0 Å². The minimum absolute atomic E-state index is 0.176. The van der Waals surface area contributed by atoms with Gasteiger partial charge in [0.25, 0.3) is 0 Å². The minimum Gasteiger partial charge on any atom is -0.309 e. The number of fused-ring (bicyclic) bond motifs is 1. The number of hydrogen-bond donors (Lipinski definition) is 0. The monoisotopic (exact) mass is 346 g/mol. The molecule has 1 heterocycles. The van der Waals surface area contributed by atoms with E-state index in [4.69, 9.17) is 11.6 Å². The van der Waals surface area contributed by atoms with Gasteiger partial charge in [-0.1, -0.05) is 17.7 Å². The van der Waals surface area contributed by atoms with E-state index in [0.717, 1.165) is 12.6 Å². The summed E-state index contributed by atoms with van der Waals surface area (Å²) in [6, 6.07) is 4.12. The lowest BCUT2D eigenvalue weighted by molar-refractivity contribution is 0.334. The molecular weight excluding hydrogens is 327 g/mol. The molecule has 0 aromatic heterocycles. The van der Waals surface area contributed by atoms with Crippen molar-refractivity contribution in [3.63, 3.8) is 0 Å². The Bertz CT molecular complexity index is 668. The van der Waals surface area contributed by atoms with Crippen LogP contribution in [0.1, 0.15) is 5.56 Å². The summed E-state index contributed by atoms with van der Waals surface area (Å²) in [7, 11) is 0.601. The molecule has 1 aliphatic heterocycles. The van der Waals surface area contributed by atoms with E-state index < -0.39 is 15.8 Å². The van der Waals surface area contributed by atoms with E-state index in [1.54, 1.807) is 0 Å². The van der Waals surface area contributed by atoms with E-state index in [1.165, 1.54) is 16.4 Å². The van der Waals surface area contributed by atoms with Crippen molar-refractivity contribution in [1.29, 1.82) is 0 Å². The maximum absolute atomic E-state index is 13.8. The van der Waals surface area contributed by atoms with Gasteiger partial charge in [0.05, 0.1) is 5.75 Å². The molecule has 0 radical (unpaired) electrons. The van der Waals surface area contributed by atoms with Crippen LogP contribution in [0.5, 0.6) is 0 Å². The van der Waals surface area contributed by atoms with Crippen LogP contribution in [-0.2, 0) is 15.8 Å². The number of nitrogens with zero attached hydrogens (tertiary/aromatic N) is 2. The van der Waals surface area contributed by atoms with Gasteiger partial charge in [0.1, 0.15) is 5.82 Å². The molecule has 1 saturated carbocycles. The minimum atomic E-state index is -3.47. The fourth-order valence-corrected chi connectivity index (χ4v) is 5.22. The van der Waals surface area contributed by atoms with Gasteiger partial charge in [0.2, 0.25) is 10.0 Å². The molecule has 1 saturated heterocycles. The normalized spacial score (nSPS) is 28.1. The predicted molar refractivity (Wildman–Crippen MR) is 84.6 cm³/mol. The van der Waals surface area contributed by atoms with Crippen LogP contribution in [-0.4, -0.2) is 51.4 Å². The highest BCUT2D eigenvalue weighted by Crippen LogP contribution is 2.52. The summed E-state index contributed by atoms with van der Waals surface area (Å²) in [6.45, 7) is 2.15. The lowest BCUT2D eigenvalue weighted by Gasteiger charge is -2.21. The molecule has 2 fully saturated rings. The zero-order valence-electron chi connectivity index (χ0n) is 12.7. The molecule has 1 unspecified atom stereocenters. The number of halogens is 2. The van der Waals surface area contributed by atoms with Crippen LogP contribution in [0.4, 0.5) is 4.39 Å². The quantitative estimate of drug-likeness (QED) is 0.819. The number of piperidine rings is 1. The Balaban J connectivity index is 1.64. The van der Waals surface area contributed by atoms with Crippen molar-refractivity contribution in [1.82, 2.24) is 9.21 Å². The summed E-state index contributed by atoms with van der Waals surface area (Å²) >= 11 is 5.69. The maximum Gasteiger partial charge on any atom is 0.218 e. The first kappa shape index (κ1) is 16.2. The zero-order chi connectivity index (χ0) is 16.1. The third-order valence-corrected chi connectivity index (χ3v) is 6.66. The highest BCUT2D eigenvalue weighted by Gasteiger charge is 2.57. The first-order chi connectivity index (χ1) is 10.3. The van der Waals surface area contributed by atoms with Crippen molar-refractivity contribution in [2.75, 3.05) is 33.7 Å². The highest BCUT2D eigenvalue weighted by atomic mass is 35.5. The second-order valence-electron chi connectivity index (χ2n) is 6.56. The van der Waals surface area contributed by atoms with Crippen LogP contribution >= 0.6 is 11.6 Å². The van der Waals surface area contributed by atoms with Crippen molar-refractivity contribution in [2.45, 2.75) is 5.75 Å². The van der Waals surface area contributed by atoms with E-state index >= 15 is 0 Å². The smallest absolute Gasteiger partial charge is 0.218 e. The summed E-state index contributed by atoms with van der Waals surface area (Å²) in [5.41, 5.74) is 0.176. The van der Waals surface area contributed by atoms with Gasteiger partial charge in [-0.25, -0.2) is 17.1 Å². The second kappa shape index (κ2) is 5.74. The van der Waals surface area contributed by atoms with Crippen LogP contribution in [0.2, 0.25) is 5.02 Å². The lowest BCUT2D eigenvalue weighted by Crippen LogP contribution is -2.34. The summed E-state index contributed by atoms with van der Waals surface area (Å²) < 4.78 is 40.2. The molecule has 122 valence electrons. The number of rotatable bonds is 5. The van der Waals surface area contributed by atoms with E-state index in [0.29, 0.717) is 30.8 Å². The molecule has 22 heavy (non-hydrogen) atoms. The highest BCUT2D eigenvalue weighted by molar-refractivity contribution is 7.88. The molecule has 0 N–H and O–H groups in total. The van der Waals surface area contributed by atoms with Gasteiger partial charge >= 0.3 is 0 Å². The van der Waals surface area contributed by atoms with Crippen molar-refractivity contribution < 1.29 is 12.8 Å². The van der Waals surface area contributed by atoms with Crippen LogP contribution in [0, 0.1) is 23.6 Å². The molecule has 0 spiro atoms. The fourth-order valence-electron chi connectivity index (χ4n) is 3.46. The molecule has 0 amide bonds. The summed E-state index contributed by atoms with van der Waals surface area (Å²) in [5, 5.41) is 0.271. The van der Waals surface area contributed by atoms with Crippen molar-refractivity contribution in [3.05, 3.63) is 34.6 Å². The number of sulfonamides is 1. The average Bonchev–Trinajstić information content (AvgIpc) is 2.85. The van der Waals surface area contributed by atoms with Crippen molar-refractivity contribution >= 4 is 21.6 Å². The first-order valence-electron chi connectivity index (χ1n) is 7.34. The van der Waals surface area contributed by atoms with Crippen LogP contribution in [0.25, 0.3) is 0 Å². The second-order valence-corrected chi connectivity index (χ2v) is 8.97. The standard InChI is InChI=1S/C15H20ClFN2O2S/c1-18(2)6-12-13-7-19(8-14(12)13)22(20,21)9-10-3-4-11(16)5-15(10)17/h3-5,12-14H,6-9H2,1-2H3/t12?,13-,14+. The molecular formula is C15H20ClFN2O2S. The van der Waals surface area contributed by atoms with Gasteiger partial charge in [-0.2, -0.15) is 0 Å². The Kier molecular flexibility index (Phi) is 4.22. The van der Waals surface area contributed by atoms with Gasteiger partial charge < -0.3 is 4.90 Å². The molecule has 1 aromatic carbocycles. The molecule has 2 aliphatic rings. The Morgan fingerprint density at radius 3 is 2.50 bits per heavy atom. The topological polar surface area (TPSA) is 40.6 Å². The zero-order valence-corrected chi connectivity index (χ0v) is 14.2. The Morgan fingerprint density at radius 1 is 1.32 bits per heavy atom. The van der Waals surface area contributed by atoms with Crippen LogP contribution in [0.15, 0.2) is 18.2 Å². The molecule has 1 aromatic rings. The first-order valence-corrected chi connectivity index (χ1v) is 9.33. The Morgan fingerprint density at radius 2 is 1.95 bits per heavy atom. The van der Waals surface area contributed by atoms with Gasteiger partial charge in [0.15, 0.2) is 0 Å². The molecule has 0 bridgehead atoms. The number of hydrogen-bond acceptors (Lipinski definition) is 3. The van der Waals surface area contributed by atoms with Gasteiger partial charge in [-0.3, -0.25) is 0 Å². The Labute approximate surface area is 135 Å². The van der Waals surface area contributed by atoms with Crippen LogP contribution < -0.4 is 0 Å². The third-order valence-electron chi connectivity index (χ3n) is 4.66. The fraction of sp³-hybridized carbons (Fsp3) is 0.600. The maximum atomic E-state index is 13.8. The molecule has 4 nitrogen and oxygen atoms in total. The largest absolute Gasteiger partial charge is 0.309 e. The van der Waals surface area contributed by atoms with Crippen molar-refractivity contribution in [3.8, 4) is 0 Å². The summed E-state index contributed by atoms with van der Waals surface area (Å²) in [6.07, 6.45) is 0. The molecule has 1 aliphatic carbocycles. The van der Waals surface area contributed by atoms with E-state index in [2.05, 4.69) is 4.90 Å². The summed E-state index contributed by atoms with van der Waals surface area (Å²) in [4.78, 5) is 2.14. The summed E-state index contributed by atoms with van der Waals surface area (Å²) in [5.74, 6) is 0.674. The lowest BCUT2D eigenvalue weighted by atomic mass is 10.2. The van der Waals surface area contributed by atoms with Gasteiger partial charge in [0, 0.05) is 30.2 Å². The predicted octanol–water partition coefficient (Wildman–Crippen LogP) is 2.05. The third kappa shape index (κ3) is 3.15. The van der Waals surface area contributed by atoms with E-state index in [1.807, 2.05) is 14.1 Å². The van der Waals surface area contributed by atoms with Crippen molar-refractivity contribution in [2.24, 2.45) is 17.8 Å². The SMILES string of the molecule is CN(C)CC1[C@H]2CN(S(=O)(=O)Cc3ccc(Cl)cc3F)C[C@@H]12. The molecule has 3 atom stereocenters. The van der Waals surface area contributed by atoms with Crippen LogP contribution in [0.3, 0.4) is 0 Å². The van der Waals surface area contributed by atoms with Gasteiger partial charge in [-0.05, 0) is 44.0 Å². The Hall–Kier alpha value is -0.690.